The van der Waals surface area contributed by atoms with Crippen molar-refractivity contribution in [3.8, 4) is 5.75 Å². The third kappa shape index (κ3) is 3.40. The summed E-state index contributed by atoms with van der Waals surface area (Å²) in [4.78, 5) is 2.43. The first-order valence-electron chi connectivity index (χ1n) is 8.03. The second kappa shape index (κ2) is 7.41. The number of thioether (sulfide) groups is 1. The molecule has 0 N–H and O–H groups in total. The highest BCUT2D eigenvalue weighted by molar-refractivity contribution is 8.03. The summed E-state index contributed by atoms with van der Waals surface area (Å²) in [7, 11) is 1.72. The molecule has 0 amide bonds. The van der Waals surface area contributed by atoms with Crippen molar-refractivity contribution in [1.29, 1.82) is 0 Å². The Morgan fingerprint density at radius 3 is 2.96 bits per heavy atom. The van der Waals surface area contributed by atoms with Gasteiger partial charge in [0, 0.05) is 24.9 Å². The van der Waals surface area contributed by atoms with Crippen LogP contribution in [-0.4, -0.2) is 30.9 Å². The molecule has 5 heteroatoms. The molecule has 23 heavy (non-hydrogen) atoms. The van der Waals surface area contributed by atoms with E-state index in [4.69, 9.17) is 4.74 Å². The molecule has 122 valence electrons. The normalized spacial score (nSPS) is 17.0. The Morgan fingerprint density at radius 2 is 2.22 bits per heavy atom. The summed E-state index contributed by atoms with van der Waals surface area (Å²) in [6, 6.07) is 6.30. The van der Waals surface area contributed by atoms with Crippen molar-refractivity contribution in [2.75, 3.05) is 26.0 Å². The van der Waals surface area contributed by atoms with Crippen molar-refractivity contribution < 1.29 is 9.30 Å². The molecule has 1 fully saturated rings. The predicted octanol–water partition coefficient (Wildman–Crippen LogP) is 4.14. The zero-order chi connectivity index (χ0) is 16.2. The summed E-state index contributed by atoms with van der Waals surface area (Å²) in [6.07, 6.45) is 6.65. The van der Waals surface area contributed by atoms with E-state index in [1.165, 1.54) is 32.6 Å². The predicted molar refractivity (Wildman–Crippen MR) is 101 cm³/mol. The molecule has 0 bridgehead atoms. The highest BCUT2D eigenvalue weighted by atomic mass is 32.2. The number of rotatable bonds is 5. The van der Waals surface area contributed by atoms with Crippen LogP contribution in [0, 0.1) is 0 Å². The molecule has 0 unspecified atom stereocenters. The van der Waals surface area contributed by atoms with E-state index in [9.17, 15) is 0 Å². The number of aryl methyl sites for hydroxylation is 1. The van der Waals surface area contributed by atoms with Gasteiger partial charge in [0.2, 0.25) is 5.52 Å². The van der Waals surface area contributed by atoms with Gasteiger partial charge in [-0.3, -0.25) is 0 Å². The van der Waals surface area contributed by atoms with E-state index in [2.05, 4.69) is 53.7 Å². The Morgan fingerprint density at radius 1 is 1.35 bits per heavy atom. The molecule has 1 saturated heterocycles. The van der Waals surface area contributed by atoms with E-state index in [0.717, 1.165) is 18.8 Å². The summed E-state index contributed by atoms with van der Waals surface area (Å²) in [6.45, 7) is 7.61. The monoisotopic (exact) mass is 347 g/mol. The Bertz CT molecular complexity index is 749. The van der Waals surface area contributed by atoms with Gasteiger partial charge in [0.15, 0.2) is 0 Å². The fourth-order valence-corrected chi connectivity index (χ4v) is 5.02. The lowest BCUT2D eigenvalue weighted by atomic mass is 10.3. The maximum Gasteiger partial charge on any atom is 0.262 e. The molecule has 1 aromatic carbocycles. The Balaban J connectivity index is 1.90. The first-order valence-corrected chi connectivity index (χ1v) is 9.83. The van der Waals surface area contributed by atoms with Gasteiger partial charge in [-0.25, -0.2) is 0 Å². The highest BCUT2D eigenvalue weighted by Gasteiger charge is 2.18. The van der Waals surface area contributed by atoms with Crippen LogP contribution in [0.15, 0.2) is 35.4 Å². The molecule has 0 aliphatic carbocycles. The van der Waals surface area contributed by atoms with Crippen molar-refractivity contribution >= 4 is 39.4 Å². The third-order valence-corrected chi connectivity index (χ3v) is 6.24. The standard InChI is InChI=1S/C18H23N2OS2/c1-4-19-11-12-22-17(19)7-6-8-18-20(5-2)15-13-14(21-3)9-10-16(15)23-18/h6-10,13H,4-5,11-12H2,1-3H3/q+1. The molecule has 0 atom stereocenters. The summed E-state index contributed by atoms with van der Waals surface area (Å²) >= 11 is 3.77. The molecule has 0 spiro atoms. The number of thiazole rings is 1. The Kier molecular flexibility index (Phi) is 5.28. The van der Waals surface area contributed by atoms with Gasteiger partial charge in [0.25, 0.3) is 5.01 Å². The van der Waals surface area contributed by atoms with Crippen LogP contribution in [-0.2, 0) is 6.54 Å². The molecule has 1 aliphatic rings. The third-order valence-electron chi connectivity index (χ3n) is 4.04. The molecule has 1 aliphatic heterocycles. The minimum atomic E-state index is 0.913. The molecule has 0 saturated carbocycles. The zero-order valence-electron chi connectivity index (χ0n) is 13.9. The second-order valence-electron chi connectivity index (χ2n) is 5.31. The molecule has 0 radical (unpaired) electrons. The van der Waals surface area contributed by atoms with Crippen LogP contribution in [0.3, 0.4) is 0 Å². The lowest BCUT2D eigenvalue weighted by Gasteiger charge is -2.14. The number of allylic oxidation sites excluding steroid dienone is 2. The van der Waals surface area contributed by atoms with Crippen molar-refractivity contribution in [2.45, 2.75) is 20.4 Å². The minimum Gasteiger partial charge on any atom is -0.497 e. The first kappa shape index (κ1) is 16.4. The van der Waals surface area contributed by atoms with Crippen molar-refractivity contribution in [2.24, 2.45) is 0 Å². The molecule has 2 aromatic rings. The van der Waals surface area contributed by atoms with E-state index >= 15 is 0 Å². The van der Waals surface area contributed by atoms with E-state index in [1.54, 1.807) is 7.11 Å². The van der Waals surface area contributed by atoms with E-state index in [-0.39, 0.29) is 0 Å². The van der Waals surface area contributed by atoms with Crippen LogP contribution in [0.5, 0.6) is 5.75 Å². The van der Waals surface area contributed by atoms with Gasteiger partial charge < -0.3 is 9.64 Å². The minimum absolute atomic E-state index is 0.913. The molecule has 3 rings (SSSR count). The average Bonchev–Trinajstić information content (AvgIpc) is 3.17. The van der Waals surface area contributed by atoms with Crippen LogP contribution in [0.25, 0.3) is 16.3 Å². The summed E-state index contributed by atoms with van der Waals surface area (Å²) in [5, 5.41) is 2.66. The number of nitrogens with zero attached hydrogens (tertiary/aromatic N) is 2. The number of fused-ring (bicyclic) bond motifs is 1. The largest absolute Gasteiger partial charge is 0.497 e. The number of hydrogen-bond acceptors (Lipinski definition) is 4. The highest BCUT2D eigenvalue weighted by Crippen LogP contribution is 2.28. The number of hydrogen-bond donors (Lipinski definition) is 0. The smallest absolute Gasteiger partial charge is 0.262 e. The Labute approximate surface area is 146 Å². The summed E-state index contributed by atoms with van der Waals surface area (Å²) in [5.41, 5.74) is 1.24. The average molecular weight is 348 g/mol. The van der Waals surface area contributed by atoms with Gasteiger partial charge in [-0.2, -0.15) is 4.57 Å². The van der Waals surface area contributed by atoms with Crippen molar-refractivity contribution in [3.05, 3.63) is 40.4 Å². The molecular weight excluding hydrogens is 324 g/mol. The second-order valence-corrected chi connectivity index (χ2v) is 7.49. The zero-order valence-corrected chi connectivity index (χ0v) is 15.5. The van der Waals surface area contributed by atoms with Gasteiger partial charge in [-0.05, 0) is 32.1 Å². The first-order chi connectivity index (χ1) is 11.3. The molecule has 2 heterocycles. The van der Waals surface area contributed by atoms with Crippen molar-refractivity contribution in [3.63, 3.8) is 0 Å². The van der Waals surface area contributed by atoms with Crippen LogP contribution < -0.4 is 9.30 Å². The van der Waals surface area contributed by atoms with Gasteiger partial charge in [0.1, 0.15) is 17.0 Å². The van der Waals surface area contributed by atoms with E-state index in [1.807, 2.05) is 29.2 Å². The summed E-state index contributed by atoms with van der Waals surface area (Å²) < 4.78 is 9.00. The fourth-order valence-electron chi connectivity index (χ4n) is 2.80. The SMILES string of the molecule is CCN1CCS/C1=C/C=C/c1sc2ccc(OC)cc2[n+]1CC. The van der Waals surface area contributed by atoms with E-state index in [0.29, 0.717) is 0 Å². The van der Waals surface area contributed by atoms with Crippen LogP contribution in [0.4, 0.5) is 0 Å². The lowest BCUT2D eigenvalue weighted by molar-refractivity contribution is -0.665. The Hall–Kier alpha value is -1.46. The van der Waals surface area contributed by atoms with Gasteiger partial charge in [0.05, 0.1) is 18.2 Å². The molecule has 1 aromatic heterocycles. The number of benzene rings is 1. The molecule has 3 nitrogen and oxygen atoms in total. The van der Waals surface area contributed by atoms with Gasteiger partial charge >= 0.3 is 0 Å². The van der Waals surface area contributed by atoms with Crippen LogP contribution in [0.1, 0.15) is 18.9 Å². The van der Waals surface area contributed by atoms with Crippen LogP contribution in [0.2, 0.25) is 0 Å². The van der Waals surface area contributed by atoms with Gasteiger partial charge in [-0.1, -0.05) is 17.4 Å². The quantitative estimate of drug-likeness (QED) is 0.756. The van der Waals surface area contributed by atoms with Gasteiger partial charge in [-0.15, -0.1) is 11.8 Å². The molecular formula is C18H23N2OS2+. The summed E-state index contributed by atoms with van der Waals surface area (Å²) in [5.74, 6) is 2.11. The maximum absolute atomic E-state index is 5.36. The number of aromatic nitrogens is 1. The van der Waals surface area contributed by atoms with Crippen LogP contribution >= 0.6 is 23.1 Å². The fraction of sp³-hybridized carbons (Fsp3) is 0.389. The van der Waals surface area contributed by atoms with Crippen molar-refractivity contribution in [1.82, 2.24) is 4.90 Å². The topological polar surface area (TPSA) is 16.4 Å². The lowest BCUT2D eigenvalue weighted by Crippen LogP contribution is -2.33. The maximum atomic E-state index is 5.36. The number of methoxy groups -OCH3 is 1. The van der Waals surface area contributed by atoms with E-state index < -0.39 is 0 Å². The number of ether oxygens (including phenoxy) is 1.